The molecule has 1 aliphatic heterocycles. The number of nitrogens with zero attached hydrogens (tertiary/aromatic N) is 3. The molecule has 1 saturated heterocycles. The summed E-state index contributed by atoms with van der Waals surface area (Å²) in [7, 11) is 0. The molecule has 1 aliphatic rings. The fraction of sp³-hybridized carbons (Fsp3) is 0.286. The van der Waals surface area contributed by atoms with Crippen LogP contribution in [0.15, 0.2) is 41.1 Å². The first-order valence-electron chi connectivity index (χ1n) is 6.70. The molecule has 2 aromatic rings. The van der Waals surface area contributed by atoms with E-state index in [1.54, 1.807) is 29.2 Å². The van der Waals surface area contributed by atoms with Crippen LogP contribution in [0.25, 0.3) is 0 Å². The molecule has 0 atom stereocenters. The molecular formula is C14H15FN4O2. The van der Waals surface area contributed by atoms with E-state index < -0.39 is 0 Å². The highest BCUT2D eigenvalue weighted by atomic mass is 19.1. The minimum absolute atomic E-state index is 0.236. The van der Waals surface area contributed by atoms with E-state index in [2.05, 4.69) is 10.5 Å². The number of carbonyl (C=O) groups excluding carboxylic acids is 1. The maximum Gasteiger partial charge on any atom is 0.324 e. The third kappa shape index (κ3) is 2.96. The number of hydrogen-bond acceptors (Lipinski definition) is 4. The lowest BCUT2D eigenvalue weighted by atomic mass is 10.2. The van der Waals surface area contributed by atoms with Crippen molar-refractivity contribution >= 4 is 17.6 Å². The van der Waals surface area contributed by atoms with Gasteiger partial charge in [-0.3, -0.25) is 5.32 Å². The van der Waals surface area contributed by atoms with Crippen molar-refractivity contribution in [2.75, 3.05) is 36.4 Å². The molecule has 0 unspecified atom stereocenters. The number of nitrogens with one attached hydrogen (secondary N) is 1. The first-order valence-corrected chi connectivity index (χ1v) is 6.70. The predicted molar refractivity (Wildman–Crippen MR) is 75.7 cm³/mol. The van der Waals surface area contributed by atoms with E-state index in [4.69, 9.17) is 4.52 Å². The van der Waals surface area contributed by atoms with E-state index in [9.17, 15) is 9.18 Å². The van der Waals surface area contributed by atoms with Gasteiger partial charge in [0.05, 0.1) is 11.9 Å². The lowest BCUT2D eigenvalue weighted by Crippen LogP contribution is -2.50. The Kier molecular flexibility index (Phi) is 3.72. The first-order chi connectivity index (χ1) is 10.2. The third-order valence-corrected chi connectivity index (χ3v) is 3.43. The fourth-order valence-electron chi connectivity index (χ4n) is 2.32. The van der Waals surface area contributed by atoms with Crippen LogP contribution in [0.3, 0.4) is 0 Å². The summed E-state index contributed by atoms with van der Waals surface area (Å²) in [5.74, 6) is 0.0774. The van der Waals surface area contributed by atoms with Gasteiger partial charge in [0, 0.05) is 32.2 Å². The molecule has 0 spiro atoms. The molecule has 21 heavy (non-hydrogen) atoms. The van der Waals surface area contributed by atoms with Gasteiger partial charge < -0.3 is 14.3 Å². The highest BCUT2D eigenvalue weighted by Gasteiger charge is 2.23. The number of benzene rings is 1. The van der Waals surface area contributed by atoms with Crippen LogP contribution in [0.1, 0.15) is 0 Å². The van der Waals surface area contributed by atoms with E-state index in [0.29, 0.717) is 37.8 Å². The van der Waals surface area contributed by atoms with Crippen molar-refractivity contribution in [3.63, 3.8) is 0 Å². The number of para-hydroxylation sites is 1. The van der Waals surface area contributed by atoms with Gasteiger partial charge in [0.1, 0.15) is 5.82 Å². The predicted octanol–water partition coefficient (Wildman–Crippen LogP) is 2.17. The zero-order chi connectivity index (χ0) is 14.7. The van der Waals surface area contributed by atoms with Crippen molar-refractivity contribution in [3.05, 3.63) is 42.3 Å². The molecule has 1 N–H and O–H groups in total. The van der Waals surface area contributed by atoms with Crippen LogP contribution in [-0.2, 0) is 0 Å². The number of rotatable bonds is 2. The van der Waals surface area contributed by atoms with E-state index >= 15 is 0 Å². The third-order valence-electron chi connectivity index (χ3n) is 3.43. The summed E-state index contributed by atoms with van der Waals surface area (Å²) < 4.78 is 18.6. The van der Waals surface area contributed by atoms with Gasteiger partial charge in [-0.2, -0.15) is 0 Å². The molecule has 1 fully saturated rings. The standard InChI is InChI=1S/C14H15FN4O2/c15-11-3-1-2-4-12(11)18-7-9-19(10-8-18)14(20)17-13-5-6-16-21-13/h1-6H,7-10H2,(H,17,20). The molecule has 1 aromatic heterocycles. The minimum Gasteiger partial charge on any atom is -0.366 e. The van der Waals surface area contributed by atoms with Gasteiger partial charge >= 0.3 is 6.03 Å². The highest BCUT2D eigenvalue weighted by Crippen LogP contribution is 2.20. The second-order valence-corrected chi connectivity index (χ2v) is 4.73. The minimum atomic E-state index is -0.239. The van der Waals surface area contributed by atoms with Gasteiger partial charge in [0.25, 0.3) is 0 Å². The Bertz CT molecular complexity index is 609. The van der Waals surface area contributed by atoms with Crippen LogP contribution >= 0.6 is 0 Å². The average molecular weight is 290 g/mol. The van der Waals surface area contributed by atoms with Gasteiger partial charge in [-0.15, -0.1) is 0 Å². The summed E-state index contributed by atoms with van der Waals surface area (Å²) in [5, 5.41) is 6.15. The summed E-state index contributed by atoms with van der Waals surface area (Å²) in [5.41, 5.74) is 0.577. The van der Waals surface area contributed by atoms with Crippen molar-refractivity contribution in [1.29, 1.82) is 0 Å². The van der Waals surface area contributed by atoms with E-state index in [1.165, 1.54) is 12.3 Å². The smallest absolute Gasteiger partial charge is 0.324 e. The van der Waals surface area contributed by atoms with E-state index in [-0.39, 0.29) is 11.8 Å². The largest absolute Gasteiger partial charge is 0.366 e. The topological polar surface area (TPSA) is 61.6 Å². The number of halogens is 1. The van der Waals surface area contributed by atoms with Crippen molar-refractivity contribution in [3.8, 4) is 0 Å². The SMILES string of the molecule is O=C(Nc1ccno1)N1CCN(c2ccccc2F)CC1. The number of piperazine rings is 1. The maximum atomic E-state index is 13.7. The summed E-state index contributed by atoms with van der Waals surface area (Å²) >= 11 is 0. The zero-order valence-corrected chi connectivity index (χ0v) is 11.3. The molecule has 6 nitrogen and oxygen atoms in total. The molecule has 7 heteroatoms. The van der Waals surface area contributed by atoms with Gasteiger partial charge in [-0.05, 0) is 12.1 Å². The maximum absolute atomic E-state index is 13.7. The molecule has 0 aliphatic carbocycles. The number of amides is 2. The van der Waals surface area contributed by atoms with Crippen LogP contribution < -0.4 is 10.2 Å². The van der Waals surface area contributed by atoms with E-state index in [1.807, 2.05) is 4.90 Å². The van der Waals surface area contributed by atoms with Crippen LogP contribution in [0.2, 0.25) is 0 Å². The number of carbonyl (C=O) groups is 1. The normalized spacial score (nSPS) is 15.1. The Morgan fingerprint density at radius 1 is 1.19 bits per heavy atom. The molecule has 2 amide bonds. The molecule has 0 radical (unpaired) electrons. The summed E-state index contributed by atoms with van der Waals surface area (Å²) in [6.45, 7) is 2.22. The Balaban J connectivity index is 1.58. The molecule has 1 aromatic carbocycles. The molecule has 110 valence electrons. The van der Waals surface area contributed by atoms with Crippen LogP contribution in [0.5, 0.6) is 0 Å². The molecule has 2 heterocycles. The van der Waals surface area contributed by atoms with Gasteiger partial charge in [-0.1, -0.05) is 17.3 Å². The summed E-state index contributed by atoms with van der Waals surface area (Å²) in [4.78, 5) is 15.6. The van der Waals surface area contributed by atoms with Crippen molar-refractivity contribution < 1.29 is 13.7 Å². The highest BCUT2D eigenvalue weighted by molar-refractivity contribution is 5.88. The lowest BCUT2D eigenvalue weighted by Gasteiger charge is -2.35. The molecule has 0 bridgehead atoms. The van der Waals surface area contributed by atoms with Gasteiger partial charge in [-0.25, -0.2) is 9.18 Å². The van der Waals surface area contributed by atoms with Crippen LogP contribution in [-0.4, -0.2) is 42.3 Å². The van der Waals surface area contributed by atoms with Crippen LogP contribution in [0, 0.1) is 5.82 Å². The number of aromatic nitrogens is 1. The number of hydrogen-bond donors (Lipinski definition) is 1. The van der Waals surface area contributed by atoms with Crippen molar-refractivity contribution in [2.24, 2.45) is 0 Å². The summed E-state index contributed by atoms with van der Waals surface area (Å²) in [6.07, 6.45) is 1.46. The van der Waals surface area contributed by atoms with Crippen LogP contribution in [0.4, 0.5) is 20.8 Å². The van der Waals surface area contributed by atoms with E-state index in [0.717, 1.165) is 0 Å². The number of urea groups is 1. The average Bonchev–Trinajstić information content (AvgIpc) is 3.01. The summed E-state index contributed by atoms with van der Waals surface area (Å²) in [6, 6.07) is 8.01. The monoisotopic (exact) mass is 290 g/mol. The second-order valence-electron chi connectivity index (χ2n) is 4.73. The fourth-order valence-corrected chi connectivity index (χ4v) is 2.32. The number of anilines is 2. The van der Waals surface area contributed by atoms with Crippen molar-refractivity contribution in [1.82, 2.24) is 10.1 Å². The van der Waals surface area contributed by atoms with Gasteiger partial charge in [0.15, 0.2) is 0 Å². The first kappa shape index (κ1) is 13.4. The Morgan fingerprint density at radius 3 is 2.62 bits per heavy atom. The second kappa shape index (κ2) is 5.82. The van der Waals surface area contributed by atoms with Crippen molar-refractivity contribution in [2.45, 2.75) is 0 Å². The quantitative estimate of drug-likeness (QED) is 0.920. The van der Waals surface area contributed by atoms with Gasteiger partial charge in [0.2, 0.25) is 5.88 Å². The molecular weight excluding hydrogens is 275 g/mol. The molecule has 3 rings (SSSR count). The Labute approximate surface area is 121 Å². The Hall–Kier alpha value is -2.57. The zero-order valence-electron chi connectivity index (χ0n) is 11.3. The lowest BCUT2D eigenvalue weighted by molar-refractivity contribution is 0.207. The Morgan fingerprint density at radius 2 is 1.95 bits per heavy atom. The molecule has 0 saturated carbocycles.